The number of rotatable bonds is 6. The number of benzene rings is 2. The topological polar surface area (TPSA) is 34.9 Å². The third-order valence-corrected chi connectivity index (χ3v) is 6.31. The SMILES string of the molecule is O=C(Cc1ccc(Cl)cc1)SC(Cn1ccnc1)c1ccc(Br)cc1Br. The van der Waals surface area contributed by atoms with E-state index in [1.54, 1.807) is 12.5 Å². The normalized spacial score (nSPS) is 12.1. The third-order valence-electron chi connectivity index (χ3n) is 3.78. The molecule has 0 spiro atoms. The average Bonchev–Trinajstić information content (AvgIpc) is 3.09. The second-order valence-corrected chi connectivity index (χ2v) is 9.17. The van der Waals surface area contributed by atoms with Crippen LogP contribution in [0.4, 0.5) is 0 Å². The summed E-state index contributed by atoms with van der Waals surface area (Å²) in [5, 5.41) is 0.768. The lowest BCUT2D eigenvalue weighted by Gasteiger charge is -2.18. The number of carbonyl (C=O) groups is 1. The van der Waals surface area contributed by atoms with Gasteiger partial charge >= 0.3 is 0 Å². The lowest BCUT2D eigenvalue weighted by Crippen LogP contribution is -2.10. The number of aromatic nitrogens is 2. The Morgan fingerprint density at radius 3 is 2.62 bits per heavy atom. The zero-order valence-corrected chi connectivity index (χ0v) is 18.4. The Morgan fingerprint density at radius 2 is 1.96 bits per heavy atom. The van der Waals surface area contributed by atoms with Gasteiger partial charge in [-0.05, 0) is 35.4 Å². The van der Waals surface area contributed by atoms with Gasteiger partial charge in [0, 0.05) is 39.3 Å². The number of imidazole rings is 1. The molecule has 26 heavy (non-hydrogen) atoms. The minimum absolute atomic E-state index is 0.0218. The summed E-state index contributed by atoms with van der Waals surface area (Å²) in [5.74, 6) is 0. The lowest BCUT2D eigenvalue weighted by molar-refractivity contribution is -0.110. The van der Waals surface area contributed by atoms with Crippen molar-refractivity contribution >= 4 is 60.3 Å². The summed E-state index contributed by atoms with van der Waals surface area (Å²) in [4.78, 5) is 16.8. The Bertz CT molecular complexity index is 885. The van der Waals surface area contributed by atoms with Crippen LogP contribution >= 0.6 is 55.2 Å². The van der Waals surface area contributed by atoms with Gasteiger partial charge in [0.1, 0.15) is 0 Å². The highest BCUT2D eigenvalue weighted by atomic mass is 79.9. The fourth-order valence-corrected chi connectivity index (χ4v) is 5.26. The monoisotopic (exact) mass is 512 g/mol. The van der Waals surface area contributed by atoms with Gasteiger partial charge in [0.2, 0.25) is 0 Å². The van der Waals surface area contributed by atoms with Gasteiger partial charge in [0.25, 0.3) is 0 Å². The number of nitrogens with zero attached hydrogens (tertiary/aromatic N) is 2. The molecule has 1 unspecified atom stereocenters. The first-order valence-electron chi connectivity index (χ1n) is 7.86. The first-order valence-corrected chi connectivity index (χ1v) is 10.7. The molecule has 0 aliphatic rings. The maximum Gasteiger partial charge on any atom is 0.193 e. The van der Waals surface area contributed by atoms with E-state index in [1.807, 2.05) is 53.2 Å². The zero-order valence-electron chi connectivity index (χ0n) is 13.6. The van der Waals surface area contributed by atoms with Gasteiger partial charge in [-0.1, -0.05) is 73.4 Å². The standard InChI is InChI=1S/C19H15Br2ClN2OS/c20-14-3-6-16(17(21)10-14)18(11-24-8-7-23-12-24)26-19(25)9-13-1-4-15(22)5-2-13/h1-8,10,12,18H,9,11H2. The Morgan fingerprint density at radius 1 is 1.19 bits per heavy atom. The minimum atomic E-state index is -0.0218. The van der Waals surface area contributed by atoms with Crippen molar-refractivity contribution in [3.8, 4) is 0 Å². The van der Waals surface area contributed by atoms with E-state index in [0.717, 1.165) is 20.1 Å². The fraction of sp³-hybridized carbons (Fsp3) is 0.158. The Kier molecular flexibility index (Phi) is 6.98. The molecule has 134 valence electrons. The molecule has 0 fully saturated rings. The van der Waals surface area contributed by atoms with Crippen LogP contribution in [0.1, 0.15) is 16.4 Å². The molecule has 1 aromatic heterocycles. The number of thioether (sulfide) groups is 1. The van der Waals surface area contributed by atoms with Gasteiger partial charge < -0.3 is 4.57 Å². The molecule has 0 radical (unpaired) electrons. The molecule has 3 rings (SSSR count). The number of halogens is 3. The highest BCUT2D eigenvalue weighted by Crippen LogP contribution is 2.37. The lowest BCUT2D eigenvalue weighted by atomic mass is 10.1. The van der Waals surface area contributed by atoms with Crippen molar-refractivity contribution in [1.82, 2.24) is 9.55 Å². The molecule has 3 nitrogen and oxygen atoms in total. The molecule has 1 heterocycles. The Balaban J connectivity index is 1.78. The predicted molar refractivity (Wildman–Crippen MR) is 115 cm³/mol. The highest BCUT2D eigenvalue weighted by Gasteiger charge is 2.20. The molecule has 0 N–H and O–H groups in total. The van der Waals surface area contributed by atoms with E-state index in [2.05, 4.69) is 36.8 Å². The Labute approximate surface area is 178 Å². The van der Waals surface area contributed by atoms with Crippen molar-refractivity contribution in [3.05, 3.63) is 86.3 Å². The van der Waals surface area contributed by atoms with Crippen LogP contribution in [0.5, 0.6) is 0 Å². The number of hydrogen-bond donors (Lipinski definition) is 0. The fourth-order valence-electron chi connectivity index (χ4n) is 2.52. The van der Waals surface area contributed by atoms with E-state index in [-0.39, 0.29) is 10.4 Å². The van der Waals surface area contributed by atoms with E-state index in [4.69, 9.17) is 11.6 Å². The van der Waals surface area contributed by atoms with Crippen molar-refractivity contribution in [2.24, 2.45) is 0 Å². The molecule has 0 bridgehead atoms. The van der Waals surface area contributed by atoms with Crippen LogP contribution < -0.4 is 0 Å². The van der Waals surface area contributed by atoms with Crippen LogP contribution in [0.2, 0.25) is 5.02 Å². The molecule has 0 saturated carbocycles. The van der Waals surface area contributed by atoms with Gasteiger partial charge in [0.05, 0.1) is 11.6 Å². The van der Waals surface area contributed by atoms with E-state index in [1.165, 1.54) is 11.8 Å². The van der Waals surface area contributed by atoms with Gasteiger partial charge in [-0.2, -0.15) is 0 Å². The van der Waals surface area contributed by atoms with E-state index < -0.39 is 0 Å². The first kappa shape index (κ1) is 19.7. The van der Waals surface area contributed by atoms with Crippen LogP contribution in [0.3, 0.4) is 0 Å². The summed E-state index contributed by atoms with van der Waals surface area (Å²) in [6, 6.07) is 13.4. The van der Waals surface area contributed by atoms with Gasteiger partial charge in [-0.15, -0.1) is 0 Å². The smallest absolute Gasteiger partial charge is 0.193 e. The zero-order chi connectivity index (χ0) is 18.5. The minimum Gasteiger partial charge on any atom is -0.336 e. The van der Waals surface area contributed by atoms with Crippen molar-refractivity contribution in [2.75, 3.05) is 0 Å². The Hall–Kier alpha value is -1.08. The second kappa shape index (κ2) is 9.22. The maximum absolute atomic E-state index is 12.7. The summed E-state index contributed by atoms with van der Waals surface area (Å²) in [6.07, 6.45) is 5.79. The van der Waals surface area contributed by atoms with E-state index >= 15 is 0 Å². The van der Waals surface area contributed by atoms with Gasteiger partial charge in [-0.3, -0.25) is 4.79 Å². The van der Waals surface area contributed by atoms with Crippen molar-refractivity contribution < 1.29 is 4.79 Å². The predicted octanol–water partition coefficient (Wildman–Crippen LogP) is 6.31. The van der Waals surface area contributed by atoms with Crippen LogP contribution in [-0.4, -0.2) is 14.7 Å². The van der Waals surface area contributed by atoms with Crippen molar-refractivity contribution in [3.63, 3.8) is 0 Å². The van der Waals surface area contributed by atoms with Crippen LogP contribution in [0.15, 0.2) is 70.1 Å². The van der Waals surface area contributed by atoms with Crippen LogP contribution in [0, 0.1) is 0 Å². The average molecular weight is 515 g/mol. The summed E-state index contributed by atoms with van der Waals surface area (Å²) < 4.78 is 3.96. The van der Waals surface area contributed by atoms with Crippen LogP contribution in [0.25, 0.3) is 0 Å². The largest absolute Gasteiger partial charge is 0.336 e. The molecule has 2 aromatic carbocycles. The molecular weight excluding hydrogens is 500 g/mol. The summed E-state index contributed by atoms with van der Waals surface area (Å²) >= 11 is 14.4. The molecule has 1 atom stereocenters. The van der Waals surface area contributed by atoms with Crippen LogP contribution in [-0.2, 0) is 17.8 Å². The summed E-state index contributed by atoms with van der Waals surface area (Å²) in [7, 11) is 0. The molecule has 0 amide bonds. The molecular formula is C19H15Br2ClN2OS. The van der Waals surface area contributed by atoms with Crippen molar-refractivity contribution in [2.45, 2.75) is 18.2 Å². The molecule has 7 heteroatoms. The molecule has 0 aliphatic heterocycles. The van der Waals surface area contributed by atoms with Crippen molar-refractivity contribution in [1.29, 1.82) is 0 Å². The van der Waals surface area contributed by atoms with Gasteiger partial charge in [-0.25, -0.2) is 4.98 Å². The molecule has 0 aliphatic carbocycles. The number of carbonyl (C=O) groups excluding carboxylic acids is 1. The maximum atomic E-state index is 12.7. The first-order chi connectivity index (χ1) is 12.5. The van der Waals surface area contributed by atoms with E-state index in [9.17, 15) is 4.79 Å². The highest BCUT2D eigenvalue weighted by molar-refractivity contribution is 9.11. The number of hydrogen-bond acceptors (Lipinski definition) is 3. The summed E-state index contributed by atoms with van der Waals surface area (Å²) in [6.45, 7) is 0.664. The third kappa shape index (κ3) is 5.46. The summed E-state index contributed by atoms with van der Waals surface area (Å²) in [5.41, 5.74) is 2.04. The van der Waals surface area contributed by atoms with E-state index in [0.29, 0.717) is 18.0 Å². The van der Waals surface area contributed by atoms with Gasteiger partial charge in [0.15, 0.2) is 5.12 Å². The second-order valence-electron chi connectivity index (χ2n) is 5.71. The quantitative estimate of drug-likeness (QED) is 0.387. The molecule has 3 aromatic rings. The molecule has 0 saturated heterocycles.